The monoisotopic (exact) mass is 302 g/mol. The van der Waals surface area contributed by atoms with Gasteiger partial charge >= 0.3 is 5.97 Å². The fourth-order valence-electron chi connectivity index (χ4n) is 1.34. The Hall–Kier alpha value is -1.78. The highest BCUT2D eigenvalue weighted by Gasteiger charge is 2.24. The van der Waals surface area contributed by atoms with E-state index in [0.717, 1.165) is 6.07 Å². The Balaban J connectivity index is 3.08. The molecule has 2 N–H and O–H groups in total. The molecule has 1 rings (SSSR count). The number of nitrogens with one attached hydrogen (secondary N) is 1. The summed E-state index contributed by atoms with van der Waals surface area (Å²) < 4.78 is 25.8. The maximum Gasteiger partial charge on any atom is 0.335 e. The molecule has 1 atom stereocenters. The van der Waals surface area contributed by atoms with Crippen LogP contribution in [0.3, 0.4) is 0 Å². The van der Waals surface area contributed by atoms with Gasteiger partial charge in [-0.1, -0.05) is 18.5 Å². The zero-order valence-electron chi connectivity index (χ0n) is 9.92. The molecule has 6 nitrogen and oxygen atoms in total. The Kier molecular flexibility index (Phi) is 4.75. The molecule has 0 aliphatic carbocycles. The lowest BCUT2D eigenvalue weighted by molar-refractivity contribution is 0.0697. The van der Waals surface area contributed by atoms with Crippen LogP contribution in [0.4, 0.5) is 5.69 Å². The van der Waals surface area contributed by atoms with E-state index in [1.165, 1.54) is 12.1 Å². The van der Waals surface area contributed by atoms with Crippen molar-refractivity contribution in [1.29, 1.82) is 5.26 Å². The van der Waals surface area contributed by atoms with Crippen molar-refractivity contribution in [1.82, 2.24) is 0 Å². The average molecular weight is 303 g/mol. The van der Waals surface area contributed by atoms with E-state index >= 15 is 0 Å². The summed E-state index contributed by atoms with van der Waals surface area (Å²) in [5, 5.41) is 16.3. The zero-order chi connectivity index (χ0) is 14.6. The van der Waals surface area contributed by atoms with Crippen molar-refractivity contribution >= 4 is 33.3 Å². The molecule has 0 saturated heterocycles. The normalized spacial score (nSPS) is 12.5. The van der Waals surface area contributed by atoms with Gasteiger partial charge in [0.05, 0.1) is 22.3 Å². The molecule has 0 spiro atoms. The van der Waals surface area contributed by atoms with Crippen LogP contribution in [-0.4, -0.2) is 24.7 Å². The molecule has 19 heavy (non-hydrogen) atoms. The van der Waals surface area contributed by atoms with E-state index in [0.29, 0.717) is 0 Å². The Labute approximate surface area is 115 Å². The number of anilines is 1. The molecule has 0 aliphatic heterocycles. The first-order chi connectivity index (χ1) is 8.81. The summed E-state index contributed by atoms with van der Waals surface area (Å²) in [6.45, 7) is 1.57. The van der Waals surface area contributed by atoms with Gasteiger partial charge in [0.2, 0.25) is 10.0 Å². The van der Waals surface area contributed by atoms with Crippen molar-refractivity contribution in [3.05, 3.63) is 28.8 Å². The third-order valence-electron chi connectivity index (χ3n) is 2.36. The average Bonchev–Trinajstić information content (AvgIpc) is 2.32. The van der Waals surface area contributed by atoms with Crippen molar-refractivity contribution in [3.8, 4) is 6.07 Å². The van der Waals surface area contributed by atoms with Gasteiger partial charge in [0.25, 0.3) is 0 Å². The molecule has 102 valence electrons. The lowest BCUT2D eigenvalue weighted by Gasteiger charge is -2.12. The molecule has 1 aromatic carbocycles. The van der Waals surface area contributed by atoms with Gasteiger partial charge in [-0.15, -0.1) is 0 Å². The van der Waals surface area contributed by atoms with Gasteiger partial charge < -0.3 is 5.11 Å². The number of benzene rings is 1. The largest absolute Gasteiger partial charge is 0.478 e. The molecular weight excluding hydrogens is 292 g/mol. The van der Waals surface area contributed by atoms with E-state index in [1.54, 1.807) is 13.0 Å². The Bertz CT molecular complexity index is 637. The van der Waals surface area contributed by atoms with Gasteiger partial charge in [0.15, 0.2) is 5.25 Å². The van der Waals surface area contributed by atoms with Crippen molar-refractivity contribution in [3.63, 3.8) is 0 Å². The molecule has 0 heterocycles. The van der Waals surface area contributed by atoms with E-state index in [4.69, 9.17) is 22.0 Å². The Morgan fingerprint density at radius 2 is 2.21 bits per heavy atom. The number of rotatable bonds is 5. The topological polar surface area (TPSA) is 107 Å². The summed E-state index contributed by atoms with van der Waals surface area (Å²) in [6, 6.07) is 5.27. The number of sulfonamides is 1. The van der Waals surface area contributed by atoms with E-state index in [2.05, 4.69) is 4.72 Å². The summed E-state index contributed by atoms with van der Waals surface area (Å²) in [6.07, 6.45) is 0.136. The van der Waals surface area contributed by atoms with Gasteiger partial charge in [-0.3, -0.25) is 4.72 Å². The minimum absolute atomic E-state index is 0.0420. The maximum atomic E-state index is 11.8. The number of aromatic carboxylic acids is 1. The fraction of sp³-hybridized carbons (Fsp3) is 0.273. The molecule has 0 amide bonds. The van der Waals surface area contributed by atoms with Crippen LogP contribution >= 0.6 is 11.6 Å². The third-order valence-corrected chi connectivity index (χ3v) is 4.36. The summed E-state index contributed by atoms with van der Waals surface area (Å²) in [4.78, 5) is 10.7. The number of nitriles is 1. The fourth-order valence-corrected chi connectivity index (χ4v) is 2.82. The summed E-state index contributed by atoms with van der Waals surface area (Å²) >= 11 is 5.80. The van der Waals surface area contributed by atoms with Gasteiger partial charge in [-0.2, -0.15) is 5.26 Å². The van der Waals surface area contributed by atoms with E-state index in [-0.39, 0.29) is 22.7 Å². The summed E-state index contributed by atoms with van der Waals surface area (Å²) in [5.74, 6) is -1.17. The first-order valence-electron chi connectivity index (χ1n) is 5.26. The standard InChI is InChI=1S/C11H11ClN2O4S/c1-2-8(6-13)19(17,18)14-10-4-3-7(11(15)16)5-9(10)12/h3-5,8,14H,2H2,1H3,(H,15,16). The SMILES string of the molecule is CCC(C#N)S(=O)(=O)Nc1ccc(C(=O)O)cc1Cl. The number of nitrogens with zero attached hydrogens (tertiary/aromatic N) is 1. The second-order valence-electron chi connectivity index (χ2n) is 3.67. The maximum absolute atomic E-state index is 11.8. The zero-order valence-corrected chi connectivity index (χ0v) is 11.5. The van der Waals surface area contributed by atoms with Gasteiger partial charge in [0.1, 0.15) is 0 Å². The van der Waals surface area contributed by atoms with Crippen LogP contribution < -0.4 is 4.72 Å². The molecule has 1 unspecified atom stereocenters. The first-order valence-corrected chi connectivity index (χ1v) is 7.18. The number of hydrogen-bond donors (Lipinski definition) is 2. The van der Waals surface area contributed by atoms with Crippen LogP contribution in [-0.2, 0) is 10.0 Å². The predicted molar refractivity (Wildman–Crippen MR) is 70.6 cm³/mol. The van der Waals surface area contributed by atoms with E-state index < -0.39 is 21.2 Å². The minimum atomic E-state index is -3.87. The molecule has 0 aromatic heterocycles. The molecule has 0 saturated carbocycles. The van der Waals surface area contributed by atoms with Crippen LogP contribution in [0.1, 0.15) is 23.7 Å². The second-order valence-corrected chi connectivity index (χ2v) is 5.94. The van der Waals surface area contributed by atoms with Gasteiger partial charge in [-0.05, 0) is 24.6 Å². The molecule has 8 heteroatoms. The number of halogens is 1. The molecular formula is C11H11ClN2O4S. The first kappa shape index (κ1) is 15.3. The lowest BCUT2D eigenvalue weighted by atomic mass is 10.2. The van der Waals surface area contributed by atoms with Crippen LogP contribution in [0.25, 0.3) is 0 Å². The molecule has 0 fully saturated rings. The highest BCUT2D eigenvalue weighted by atomic mass is 35.5. The molecule has 0 bridgehead atoms. The van der Waals surface area contributed by atoms with Crippen LogP contribution in [0.5, 0.6) is 0 Å². The molecule has 1 aromatic rings. The van der Waals surface area contributed by atoms with Crippen molar-refractivity contribution in [2.75, 3.05) is 4.72 Å². The lowest BCUT2D eigenvalue weighted by Crippen LogP contribution is -2.26. The number of carboxylic acids is 1. The quantitative estimate of drug-likeness (QED) is 0.866. The van der Waals surface area contributed by atoms with Crippen molar-refractivity contribution < 1.29 is 18.3 Å². The van der Waals surface area contributed by atoms with Crippen molar-refractivity contribution in [2.45, 2.75) is 18.6 Å². The number of carboxylic acid groups (broad SMARTS) is 1. The highest BCUT2D eigenvalue weighted by Crippen LogP contribution is 2.25. The highest BCUT2D eigenvalue weighted by molar-refractivity contribution is 7.93. The Morgan fingerprint density at radius 1 is 1.58 bits per heavy atom. The Morgan fingerprint density at radius 3 is 2.63 bits per heavy atom. The third kappa shape index (κ3) is 3.59. The second kappa shape index (κ2) is 5.91. The van der Waals surface area contributed by atoms with E-state index in [9.17, 15) is 13.2 Å². The van der Waals surface area contributed by atoms with Crippen LogP contribution in [0.15, 0.2) is 18.2 Å². The predicted octanol–water partition coefficient (Wildman–Crippen LogP) is 2.08. The molecule has 0 radical (unpaired) electrons. The smallest absolute Gasteiger partial charge is 0.335 e. The number of hydrogen-bond acceptors (Lipinski definition) is 4. The van der Waals surface area contributed by atoms with Gasteiger partial charge in [-0.25, -0.2) is 13.2 Å². The van der Waals surface area contributed by atoms with Gasteiger partial charge in [0, 0.05) is 0 Å². The molecule has 0 aliphatic rings. The summed E-state index contributed by atoms with van der Waals surface area (Å²) in [5.41, 5.74) is -0.0133. The van der Waals surface area contributed by atoms with Crippen molar-refractivity contribution in [2.24, 2.45) is 0 Å². The van der Waals surface area contributed by atoms with Crippen LogP contribution in [0, 0.1) is 11.3 Å². The van der Waals surface area contributed by atoms with E-state index in [1.807, 2.05) is 0 Å². The summed E-state index contributed by atoms with van der Waals surface area (Å²) in [7, 11) is -3.87. The number of carbonyl (C=O) groups is 1. The minimum Gasteiger partial charge on any atom is -0.478 e. The van der Waals surface area contributed by atoms with Crippen LogP contribution in [0.2, 0.25) is 5.02 Å².